The smallest absolute Gasteiger partial charge is 0.341 e. The van der Waals surface area contributed by atoms with Gasteiger partial charge in [0.2, 0.25) is 0 Å². The molecule has 18 heavy (non-hydrogen) atoms. The largest absolute Gasteiger partial charge is 0.806 e. The molecule has 0 saturated heterocycles. The van der Waals surface area contributed by atoms with E-state index in [4.69, 9.17) is 0 Å². The molecular formula is C11H15N3O3S. The van der Waals surface area contributed by atoms with Gasteiger partial charge in [0, 0.05) is 36.3 Å². The lowest BCUT2D eigenvalue weighted by Gasteiger charge is -2.12. The highest BCUT2D eigenvalue weighted by Gasteiger charge is 2.39. The Labute approximate surface area is 106 Å². The molecule has 1 aliphatic carbocycles. The molecule has 1 aromatic rings. The van der Waals surface area contributed by atoms with Gasteiger partial charge in [-0.1, -0.05) is 0 Å². The first-order chi connectivity index (χ1) is 8.40. The van der Waals surface area contributed by atoms with E-state index in [1.54, 1.807) is 12.1 Å². The lowest BCUT2D eigenvalue weighted by atomic mass is 10.4. The SMILES string of the molecule is CN(C)c1cc[n+](C([O-])=NS(=O)(=O)C2CC2)cc1. The maximum Gasteiger partial charge on any atom is 0.341 e. The molecule has 0 radical (unpaired) electrons. The topological polar surface area (TPSA) is 76.7 Å². The quantitative estimate of drug-likeness (QED) is 0.405. The fraction of sp³-hybridized carbons (Fsp3) is 0.455. The van der Waals surface area contributed by atoms with Gasteiger partial charge < -0.3 is 10.0 Å². The molecule has 0 aliphatic heterocycles. The van der Waals surface area contributed by atoms with Crippen LogP contribution in [0.2, 0.25) is 0 Å². The van der Waals surface area contributed by atoms with E-state index in [9.17, 15) is 13.5 Å². The number of rotatable bonds is 3. The highest BCUT2D eigenvalue weighted by atomic mass is 32.2. The van der Waals surface area contributed by atoms with Crippen molar-refractivity contribution in [3.63, 3.8) is 0 Å². The number of aromatic nitrogens is 1. The van der Waals surface area contributed by atoms with Crippen molar-refractivity contribution in [3.8, 4) is 0 Å². The van der Waals surface area contributed by atoms with Gasteiger partial charge >= 0.3 is 10.0 Å². The minimum Gasteiger partial charge on any atom is -0.806 e. The van der Waals surface area contributed by atoms with Gasteiger partial charge in [0.15, 0.2) is 0 Å². The zero-order valence-corrected chi connectivity index (χ0v) is 11.1. The summed E-state index contributed by atoms with van der Waals surface area (Å²) >= 11 is 0. The molecule has 1 fully saturated rings. The van der Waals surface area contributed by atoms with Gasteiger partial charge in [0.1, 0.15) is 5.25 Å². The van der Waals surface area contributed by atoms with Crippen molar-refractivity contribution >= 4 is 21.7 Å². The summed E-state index contributed by atoms with van der Waals surface area (Å²) in [7, 11) is 0.140. The van der Waals surface area contributed by atoms with Crippen LogP contribution in [-0.2, 0) is 10.0 Å². The van der Waals surface area contributed by atoms with Crippen molar-refractivity contribution in [2.75, 3.05) is 19.0 Å². The first-order valence-corrected chi connectivity index (χ1v) is 7.10. The summed E-state index contributed by atoms with van der Waals surface area (Å²) in [6.07, 6.45) is 4.21. The molecule has 1 aliphatic rings. The zero-order valence-electron chi connectivity index (χ0n) is 10.3. The Hall–Kier alpha value is -1.63. The lowest BCUT2D eigenvalue weighted by molar-refractivity contribution is -0.613. The standard InChI is InChI=1S/C11H15N3O3S/c1-13(2)9-5-7-14(8-6-9)11(15)12-18(16,17)10-3-4-10/h5-8,10H,3-4H2,1-2H3. The van der Waals surface area contributed by atoms with Crippen LogP contribution in [-0.4, -0.2) is 33.8 Å². The van der Waals surface area contributed by atoms with Crippen LogP contribution in [0, 0.1) is 0 Å². The van der Waals surface area contributed by atoms with E-state index in [2.05, 4.69) is 4.40 Å². The van der Waals surface area contributed by atoms with Gasteiger partial charge in [-0.25, -0.2) is 4.57 Å². The van der Waals surface area contributed by atoms with Gasteiger partial charge in [0.05, 0.1) is 12.4 Å². The monoisotopic (exact) mass is 269 g/mol. The predicted molar refractivity (Wildman–Crippen MR) is 65.7 cm³/mol. The van der Waals surface area contributed by atoms with Gasteiger partial charge in [-0.3, -0.25) is 0 Å². The van der Waals surface area contributed by atoms with E-state index < -0.39 is 21.3 Å². The third-order valence-electron chi connectivity index (χ3n) is 2.70. The molecule has 6 nitrogen and oxygen atoms in total. The van der Waals surface area contributed by atoms with E-state index in [-0.39, 0.29) is 0 Å². The van der Waals surface area contributed by atoms with Crippen molar-refractivity contribution in [1.82, 2.24) is 0 Å². The van der Waals surface area contributed by atoms with Crippen LogP contribution >= 0.6 is 0 Å². The molecule has 0 atom stereocenters. The minimum absolute atomic E-state index is 0.455. The Morgan fingerprint density at radius 3 is 2.39 bits per heavy atom. The van der Waals surface area contributed by atoms with Crippen LogP contribution in [0.3, 0.4) is 0 Å². The molecule has 7 heteroatoms. The fourth-order valence-electron chi connectivity index (χ4n) is 1.44. The zero-order chi connectivity index (χ0) is 13.3. The molecule has 0 bridgehead atoms. The second-order valence-corrected chi connectivity index (χ2v) is 6.33. The summed E-state index contributed by atoms with van der Waals surface area (Å²) in [6, 6.07) is 2.67. The Morgan fingerprint density at radius 2 is 1.94 bits per heavy atom. The molecule has 2 rings (SSSR count). The molecule has 98 valence electrons. The number of anilines is 1. The van der Waals surface area contributed by atoms with E-state index >= 15 is 0 Å². The van der Waals surface area contributed by atoms with E-state index in [1.807, 2.05) is 19.0 Å². The van der Waals surface area contributed by atoms with Gasteiger partial charge in [-0.2, -0.15) is 8.42 Å². The third kappa shape index (κ3) is 2.79. The Kier molecular flexibility index (Phi) is 3.25. The first-order valence-electron chi connectivity index (χ1n) is 5.60. The normalized spacial score (nSPS) is 16.7. The van der Waals surface area contributed by atoms with Crippen LogP contribution in [0.5, 0.6) is 0 Å². The molecule has 0 unspecified atom stereocenters. The van der Waals surface area contributed by atoms with Gasteiger partial charge in [-0.15, -0.1) is 0 Å². The molecule has 0 N–H and O–H groups in total. The molecule has 0 aromatic carbocycles. The first kappa shape index (κ1) is 12.8. The van der Waals surface area contributed by atoms with Crippen molar-refractivity contribution in [2.45, 2.75) is 18.1 Å². The molecule has 1 heterocycles. The molecule has 0 spiro atoms. The number of hydrogen-bond donors (Lipinski definition) is 0. The summed E-state index contributed by atoms with van der Waals surface area (Å²) < 4.78 is 27.5. The highest BCUT2D eigenvalue weighted by molar-refractivity contribution is 7.91. The van der Waals surface area contributed by atoms with E-state index in [0.717, 1.165) is 10.3 Å². The second-order valence-electron chi connectivity index (χ2n) is 4.45. The summed E-state index contributed by atoms with van der Waals surface area (Å²) in [4.78, 5) is 1.88. The number of hydrogen-bond acceptors (Lipinski definition) is 4. The van der Waals surface area contributed by atoms with Crippen molar-refractivity contribution in [2.24, 2.45) is 4.40 Å². The van der Waals surface area contributed by atoms with E-state index in [1.165, 1.54) is 12.4 Å². The van der Waals surface area contributed by atoms with Crippen LogP contribution in [0.15, 0.2) is 28.9 Å². The summed E-state index contributed by atoms with van der Waals surface area (Å²) in [5.74, 6) is 0. The lowest BCUT2D eigenvalue weighted by Crippen LogP contribution is -2.51. The Bertz CT molecular complexity index is 560. The summed E-state index contributed by atoms with van der Waals surface area (Å²) in [6.45, 7) is 0. The fourth-order valence-corrected chi connectivity index (χ4v) is 2.63. The van der Waals surface area contributed by atoms with Crippen LogP contribution in [0.1, 0.15) is 12.8 Å². The van der Waals surface area contributed by atoms with E-state index in [0.29, 0.717) is 12.8 Å². The highest BCUT2D eigenvalue weighted by Crippen LogP contribution is 2.29. The van der Waals surface area contributed by atoms with Crippen LogP contribution in [0.4, 0.5) is 5.69 Å². The number of pyridine rings is 1. The van der Waals surface area contributed by atoms with Crippen LogP contribution in [0.25, 0.3) is 0 Å². The van der Waals surface area contributed by atoms with Crippen molar-refractivity contribution in [3.05, 3.63) is 24.5 Å². The molecule has 0 amide bonds. The van der Waals surface area contributed by atoms with Crippen LogP contribution < -0.4 is 14.6 Å². The number of sulfonamides is 1. The second kappa shape index (κ2) is 4.56. The predicted octanol–water partition coefficient (Wildman–Crippen LogP) is -0.903. The summed E-state index contributed by atoms with van der Waals surface area (Å²) in [5.41, 5.74) is 0.920. The van der Waals surface area contributed by atoms with Gasteiger partial charge in [-0.05, 0) is 12.8 Å². The van der Waals surface area contributed by atoms with Crippen molar-refractivity contribution in [1.29, 1.82) is 0 Å². The molecule has 1 saturated carbocycles. The van der Waals surface area contributed by atoms with Gasteiger partial charge in [0.25, 0.3) is 6.02 Å². The minimum atomic E-state index is -3.62. The third-order valence-corrected chi connectivity index (χ3v) is 4.42. The average Bonchev–Trinajstić information content (AvgIpc) is 3.12. The average molecular weight is 269 g/mol. The Balaban J connectivity index is 2.23. The maximum absolute atomic E-state index is 11.7. The molecular weight excluding hydrogens is 254 g/mol. The Morgan fingerprint density at radius 1 is 1.39 bits per heavy atom. The molecule has 1 aromatic heterocycles. The summed E-state index contributed by atoms with van der Waals surface area (Å²) in [5, 5.41) is 11.2. The number of nitrogens with zero attached hydrogens (tertiary/aromatic N) is 3. The van der Waals surface area contributed by atoms with Crippen molar-refractivity contribution < 1.29 is 18.1 Å². The maximum atomic E-state index is 11.7.